The molecule has 0 aromatic heterocycles. The third-order valence-corrected chi connectivity index (χ3v) is 4.08. The van der Waals surface area contributed by atoms with E-state index < -0.39 is 0 Å². The van der Waals surface area contributed by atoms with Crippen LogP contribution < -0.4 is 0 Å². The summed E-state index contributed by atoms with van der Waals surface area (Å²) in [4.78, 5) is 0. The first kappa shape index (κ1) is 19.7. The average molecular weight is 283 g/mol. The lowest BCUT2D eigenvalue weighted by Gasteiger charge is -2.07. The van der Waals surface area contributed by atoms with Crippen LogP contribution >= 0.6 is 0 Å². The zero-order valence-electron chi connectivity index (χ0n) is 13.9. The van der Waals surface area contributed by atoms with Gasteiger partial charge in [-0.15, -0.1) is 6.58 Å². The highest BCUT2D eigenvalue weighted by Crippen LogP contribution is 2.13. The van der Waals surface area contributed by atoms with Crippen LogP contribution in [0.5, 0.6) is 0 Å². The van der Waals surface area contributed by atoms with Gasteiger partial charge in [0.1, 0.15) is 0 Å². The molecule has 0 aromatic rings. The molecule has 120 valence electrons. The lowest BCUT2D eigenvalue weighted by Crippen LogP contribution is -2.03. The molecule has 0 aliphatic rings. The number of aliphatic hydroxyl groups is 1. The van der Waals surface area contributed by atoms with Crippen molar-refractivity contribution in [3.8, 4) is 0 Å². The van der Waals surface area contributed by atoms with Crippen molar-refractivity contribution in [1.82, 2.24) is 0 Å². The number of hydrogen-bond acceptors (Lipinski definition) is 1. The second-order valence-electron chi connectivity index (χ2n) is 6.21. The Kier molecular flexibility index (Phi) is 16.5. The fourth-order valence-electron chi connectivity index (χ4n) is 2.71. The second kappa shape index (κ2) is 16.8. The van der Waals surface area contributed by atoms with Crippen LogP contribution in [0.25, 0.3) is 0 Å². The van der Waals surface area contributed by atoms with E-state index in [0.717, 1.165) is 12.8 Å². The van der Waals surface area contributed by atoms with Crippen LogP contribution in [0, 0.1) is 0 Å². The van der Waals surface area contributed by atoms with Crippen molar-refractivity contribution in [3.05, 3.63) is 12.7 Å². The summed E-state index contributed by atoms with van der Waals surface area (Å²) in [5.41, 5.74) is 0. The Bertz CT molecular complexity index is 188. The molecule has 1 heteroatoms. The molecule has 0 heterocycles. The molecule has 0 amide bonds. The Morgan fingerprint density at radius 2 is 1.15 bits per heavy atom. The summed E-state index contributed by atoms with van der Waals surface area (Å²) in [5.74, 6) is 0. The minimum atomic E-state index is -0.153. The largest absolute Gasteiger partial charge is 0.393 e. The summed E-state index contributed by atoms with van der Waals surface area (Å²) in [6.07, 6.45) is 21.3. The Labute approximate surface area is 127 Å². The highest BCUT2D eigenvalue weighted by molar-refractivity contribution is 4.71. The van der Waals surface area contributed by atoms with Crippen LogP contribution in [0.2, 0.25) is 0 Å². The van der Waals surface area contributed by atoms with Crippen molar-refractivity contribution in [2.75, 3.05) is 0 Å². The first-order chi connectivity index (χ1) is 9.81. The van der Waals surface area contributed by atoms with Crippen molar-refractivity contribution in [3.63, 3.8) is 0 Å². The molecule has 0 bridgehead atoms. The standard InChI is InChI=1S/C19H38O/c1-3-5-6-7-8-9-10-11-12-13-14-15-16-18-19(20)17-4-2/h4,19-20H,2-3,5-18H2,1H3. The summed E-state index contributed by atoms with van der Waals surface area (Å²) in [5, 5.41) is 9.56. The van der Waals surface area contributed by atoms with E-state index in [1.54, 1.807) is 0 Å². The van der Waals surface area contributed by atoms with Gasteiger partial charge in [-0.25, -0.2) is 0 Å². The van der Waals surface area contributed by atoms with Crippen LogP contribution in [0.3, 0.4) is 0 Å². The van der Waals surface area contributed by atoms with Crippen molar-refractivity contribution < 1.29 is 5.11 Å². The monoisotopic (exact) mass is 282 g/mol. The van der Waals surface area contributed by atoms with Crippen LogP contribution in [-0.4, -0.2) is 11.2 Å². The summed E-state index contributed by atoms with van der Waals surface area (Å²) < 4.78 is 0. The molecule has 0 spiro atoms. The quantitative estimate of drug-likeness (QED) is 0.256. The smallest absolute Gasteiger partial charge is 0.0574 e. The van der Waals surface area contributed by atoms with Crippen LogP contribution in [0.1, 0.15) is 103 Å². The maximum Gasteiger partial charge on any atom is 0.0574 e. The Balaban J connectivity index is 3.01. The Morgan fingerprint density at radius 3 is 1.55 bits per heavy atom. The molecule has 1 nitrogen and oxygen atoms in total. The van der Waals surface area contributed by atoms with Gasteiger partial charge in [0.25, 0.3) is 0 Å². The molecule has 1 atom stereocenters. The maximum atomic E-state index is 9.56. The topological polar surface area (TPSA) is 20.2 Å². The van der Waals surface area contributed by atoms with Crippen LogP contribution in [0.15, 0.2) is 12.7 Å². The van der Waals surface area contributed by atoms with Gasteiger partial charge in [0.15, 0.2) is 0 Å². The van der Waals surface area contributed by atoms with Gasteiger partial charge >= 0.3 is 0 Å². The van der Waals surface area contributed by atoms with Crippen molar-refractivity contribution in [2.45, 2.75) is 109 Å². The highest BCUT2D eigenvalue weighted by atomic mass is 16.3. The predicted octanol–water partition coefficient (Wildman–Crippen LogP) is 6.40. The zero-order valence-corrected chi connectivity index (χ0v) is 13.9. The molecule has 20 heavy (non-hydrogen) atoms. The third-order valence-electron chi connectivity index (χ3n) is 4.08. The number of rotatable bonds is 16. The summed E-state index contributed by atoms with van der Waals surface area (Å²) in [7, 11) is 0. The molecule has 0 aliphatic carbocycles. The summed E-state index contributed by atoms with van der Waals surface area (Å²) in [6, 6.07) is 0. The van der Waals surface area contributed by atoms with Crippen molar-refractivity contribution >= 4 is 0 Å². The number of hydrogen-bond donors (Lipinski definition) is 1. The van der Waals surface area contributed by atoms with Gasteiger partial charge in [0.2, 0.25) is 0 Å². The van der Waals surface area contributed by atoms with Gasteiger partial charge in [-0.05, 0) is 12.8 Å². The third kappa shape index (κ3) is 15.8. The molecule has 0 rings (SSSR count). The van der Waals surface area contributed by atoms with Gasteiger partial charge in [0.05, 0.1) is 6.10 Å². The molecule has 0 aliphatic heterocycles. The first-order valence-electron chi connectivity index (χ1n) is 9.10. The molecular weight excluding hydrogens is 244 g/mol. The van der Waals surface area contributed by atoms with E-state index in [0.29, 0.717) is 0 Å². The SMILES string of the molecule is C=CCC(O)CCCCCCCCCCCCCCC. The lowest BCUT2D eigenvalue weighted by atomic mass is 10.0. The van der Waals surface area contributed by atoms with E-state index in [2.05, 4.69) is 13.5 Å². The van der Waals surface area contributed by atoms with Gasteiger partial charge in [-0.1, -0.05) is 96.5 Å². The first-order valence-corrected chi connectivity index (χ1v) is 9.10. The second-order valence-corrected chi connectivity index (χ2v) is 6.21. The predicted molar refractivity (Wildman–Crippen MR) is 91.1 cm³/mol. The van der Waals surface area contributed by atoms with E-state index in [9.17, 15) is 5.11 Å². The molecule has 0 saturated carbocycles. The molecular formula is C19H38O. The van der Waals surface area contributed by atoms with Gasteiger partial charge < -0.3 is 5.11 Å². The molecule has 0 radical (unpaired) electrons. The van der Waals surface area contributed by atoms with Crippen LogP contribution in [-0.2, 0) is 0 Å². The highest BCUT2D eigenvalue weighted by Gasteiger charge is 2.00. The van der Waals surface area contributed by atoms with E-state index in [1.807, 2.05) is 6.08 Å². The fraction of sp³-hybridized carbons (Fsp3) is 0.895. The summed E-state index contributed by atoms with van der Waals surface area (Å²) in [6.45, 7) is 5.93. The Hall–Kier alpha value is -0.300. The van der Waals surface area contributed by atoms with Crippen molar-refractivity contribution in [2.24, 2.45) is 0 Å². The van der Waals surface area contributed by atoms with Gasteiger partial charge in [-0.3, -0.25) is 0 Å². The zero-order chi connectivity index (χ0) is 14.9. The fourth-order valence-corrected chi connectivity index (χ4v) is 2.71. The lowest BCUT2D eigenvalue weighted by molar-refractivity contribution is 0.164. The molecule has 0 fully saturated rings. The van der Waals surface area contributed by atoms with E-state index in [4.69, 9.17) is 0 Å². The molecule has 1 unspecified atom stereocenters. The van der Waals surface area contributed by atoms with E-state index in [1.165, 1.54) is 83.5 Å². The average Bonchev–Trinajstić information content (AvgIpc) is 2.44. The van der Waals surface area contributed by atoms with Crippen LogP contribution in [0.4, 0.5) is 0 Å². The minimum absolute atomic E-state index is 0.153. The van der Waals surface area contributed by atoms with Gasteiger partial charge in [-0.2, -0.15) is 0 Å². The normalized spacial score (nSPS) is 12.5. The molecule has 0 aromatic carbocycles. The number of unbranched alkanes of at least 4 members (excludes halogenated alkanes) is 12. The Morgan fingerprint density at radius 1 is 0.750 bits per heavy atom. The van der Waals surface area contributed by atoms with Gasteiger partial charge in [0, 0.05) is 0 Å². The maximum absolute atomic E-state index is 9.56. The summed E-state index contributed by atoms with van der Waals surface area (Å²) >= 11 is 0. The molecule has 0 saturated heterocycles. The molecule has 1 N–H and O–H groups in total. The number of aliphatic hydroxyl groups excluding tert-OH is 1. The minimum Gasteiger partial charge on any atom is -0.393 e. The van der Waals surface area contributed by atoms with E-state index in [-0.39, 0.29) is 6.10 Å². The van der Waals surface area contributed by atoms with Crippen molar-refractivity contribution in [1.29, 1.82) is 0 Å². The van der Waals surface area contributed by atoms with E-state index >= 15 is 0 Å².